The van der Waals surface area contributed by atoms with E-state index in [4.69, 9.17) is 4.74 Å². The summed E-state index contributed by atoms with van der Waals surface area (Å²) in [6.45, 7) is 9.54. The molecular formula is C28H37FN4O2Si. The van der Waals surface area contributed by atoms with Gasteiger partial charge in [-0.15, -0.1) is 0 Å². The Bertz CT molecular complexity index is 1170. The monoisotopic (exact) mass is 508 g/mol. The largest absolute Gasteiger partial charge is 0.369 e. The summed E-state index contributed by atoms with van der Waals surface area (Å²) in [5, 5.41) is 0. The highest BCUT2D eigenvalue weighted by molar-refractivity contribution is 6.76. The van der Waals surface area contributed by atoms with E-state index in [1.54, 1.807) is 29.4 Å². The third-order valence-electron chi connectivity index (χ3n) is 6.39. The number of nitrogens with zero attached hydrogens (tertiary/aromatic N) is 4. The minimum Gasteiger partial charge on any atom is -0.369 e. The van der Waals surface area contributed by atoms with Gasteiger partial charge >= 0.3 is 0 Å². The summed E-state index contributed by atoms with van der Waals surface area (Å²) in [5.74, 6) is -0.316. The van der Waals surface area contributed by atoms with E-state index in [2.05, 4.69) is 29.5 Å². The summed E-state index contributed by atoms with van der Waals surface area (Å²) < 4.78 is 22.2. The maximum absolute atomic E-state index is 14.4. The van der Waals surface area contributed by atoms with Crippen LogP contribution in [0.1, 0.15) is 28.9 Å². The van der Waals surface area contributed by atoms with Crippen molar-refractivity contribution in [3.63, 3.8) is 0 Å². The van der Waals surface area contributed by atoms with Gasteiger partial charge in [-0.25, -0.2) is 9.37 Å². The van der Waals surface area contributed by atoms with Crippen molar-refractivity contribution < 1.29 is 13.9 Å². The summed E-state index contributed by atoms with van der Waals surface area (Å²) in [6, 6.07) is 15.2. The van der Waals surface area contributed by atoms with Gasteiger partial charge in [0.2, 0.25) is 0 Å². The predicted molar refractivity (Wildman–Crippen MR) is 146 cm³/mol. The van der Waals surface area contributed by atoms with Crippen LogP contribution in [0.25, 0.3) is 0 Å². The summed E-state index contributed by atoms with van der Waals surface area (Å²) in [6.07, 6.45) is 6.02. The van der Waals surface area contributed by atoms with Crippen LogP contribution in [0, 0.1) is 11.7 Å². The molecule has 1 heterocycles. The van der Waals surface area contributed by atoms with Crippen LogP contribution >= 0.6 is 0 Å². The van der Waals surface area contributed by atoms with Crippen LogP contribution in [0.3, 0.4) is 0 Å². The number of rotatable bonds is 12. The second kappa shape index (κ2) is 11.4. The van der Waals surface area contributed by atoms with E-state index in [0.717, 1.165) is 42.6 Å². The highest BCUT2D eigenvalue weighted by Gasteiger charge is 2.29. The average Bonchev–Trinajstić information content (AvgIpc) is 3.56. The van der Waals surface area contributed by atoms with Gasteiger partial charge in [-0.2, -0.15) is 0 Å². The molecule has 0 spiro atoms. The molecule has 0 atom stereocenters. The van der Waals surface area contributed by atoms with Gasteiger partial charge in [0.05, 0.1) is 24.1 Å². The third-order valence-corrected chi connectivity index (χ3v) is 8.10. The minimum atomic E-state index is -1.10. The molecule has 0 bridgehead atoms. The lowest BCUT2D eigenvalue weighted by molar-refractivity contribution is 0.0871. The zero-order chi connectivity index (χ0) is 25.7. The number of carbonyl (C=O) groups is 1. The molecule has 6 nitrogen and oxygen atoms in total. The Kier molecular flexibility index (Phi) is 8.26. The van der Waals surface area contributed by atoms with Crippen molar-refractivity contribution in [2.45, 2.75) is 51.8 Å². The Labute approximate surface area is 214 Å². The number of aromatic nitrogens is 2. The number of halogens is 1. The summed E-state index contributed by atoms with van der Waals surface area (Å²) in [5.41, 5.74) is 2.79. The van der Waals surface area contributed by atoms with E-state index in [9.17, 15) is 9.18 Å². The van der Waals surface area contributed by atoms with Crippen molar-refractivity contribution in [3.05, 3.63) is 78.1 Å². The van der Waals surface area contributed by atoms with Gasteiger partial charge in [0, 0.05) is 45.8 Å². The van der Waals surface area contributed by atoms with E-state index in [-0.39, 0.29) is 11.5 Å². The topological polar surface area (TPSA) is 50.6 Å². The number of benzene rings is 2. The number of hydrogen-bond acceptors (Lipinski definition) is 4. The number of carbonyl (C=O) groups excluding carboxylic acids is 1. The average molecular weight is 509 g/mol. The molecule has 0 N–H and O–H groups in total. The van der Waals surface area contributed by atoms with E-state index in [0.29, 0.717) is 25.7 Å². The van der Waals surface area contributed by atoms with Crippen LogP contribution in [0.5, 0.6) is 0 Å². The van der Waals surface area contributed by atoms with Crippen molar-refractivity contribution in [2.24, 2.45) is 5.92 Å². The molecular weight excluding hydrogens is 471 g/mol. The predicted octanol–water partition coefficient (Wildman–Crippen LogP) is 6.03. The first-order chi connectivity index (χ1) is 17.2. The highest BCUT2D eigenvalue weighted by atomic mass is 28.3. The van der Waals surface area contributed by atoms with Crippen molar-refractivity contribution in [2.75, 3.05) is 30.0 Å². The molecule has 0 saturated heterocycles. The number of anilines is 2. The van der Waals surface area contributed by atoms with E-state index in [1.807, 2.05) is 42.1 Å². The van der Waals surface area contributed by atoms with Gasteiger partial charge in [0.25, 0.3) is 5.91 Å². The zero-order valence-electron chi connectivity index (χ0n) is 21.8. The molecule has 4 rings (SSSR count). The Balaban J connectivity index is 1.42. The maximum atomic E-state index is 14.4. The molecule has 3 aromatic rings. The molecule has 0 aliphatic heterocycles. The maximum Gasteiger partial charge on any atom is 0.261 e. The molecule has 1 aliphatic carbocycles. The number of hydrogen-bond donors (Lipinski definition) is 0. The highest BCUT2D eigenvalue weighted by Crippen LogP contribution is 2.33. The van der Waals surface area contributed by atoms with Gasteiger partial charge in [0.1, 0.15) is 12.5 Å². The third kappa shape index (κ3) is 7.27. The lowest BCUT2D eigenvalue weighted by Crippen LogP contribution is -2.33. The molecule has 8 heteroatoms. The molecule has 1 amide bonds. The fourth-order valence-electron chi connectivity index (χ4n) is 3.98. The number of imidazole rings is 1. The molecule has 1 saturated carbocycles. The first kappa shape index (κ1) is 26.1. The van der Waals surface area contributed by atoms with Crippen molar-refractivity contribution in [1.29, 1.82) is 0 Å². The second-order valence-electron chi connectivity index (χ2n) is 10.9. The molecule has 1 aliphatic rings. The molecule has 0 radical (unpaired) electrons. The second-order valence-corrected chi connectivity index (χ2v) is 16.6. The fourth-order valence-corrected chi connectivity index (χ4v) is 4.74. The quantitative estimate of drug-likeness (QED) is 0.221. The van der Waals surface area contributed by atoms with Crippen molar-refractivity contribution in [1.82, 2.24) is 9.55 Å². The van der Waals surface area contributed by atoms with Gasteiger partial charge in [0.15, 0.2) is 0 Å². The van der Waals surface area contributed by atoms with Gasteiger partial charge < -0.3 is 19.1 Å². The van der Waals surface area contributed by atoms with Crippen LogP contribution in [-0.4, -0.2) is 43.7 Å². The van der Waals surface area contributed by atoms with Crippen LogP contribution in [-0.2, 0) is 18.0 Å². The Morgan fingerprint density at radius 3 is 2.61 bits per heavy atom. The normalized spacial score (nSPS) is 13.6. The molecule has 1 aromatic heterocycles. The fraction of sp³-hybridized carbons (Fsp3) is 0.429. The van der Waals surface area contributed by atoms with Gasteiger partial charge in [-0.1, -0.05) is 37.8 Å². The molecule has 0 unspecified atom stereocenters. The SMILES string of the molecule is CN(Cc1cn(COCC[Si](C)(C)C)cn1)c1cccc(N(CC2CC2)C(=O)c2ccccc2F)c1. The Morgan fingerprint density at radius 1 is 1.14 bits per heavy atom. The summed E-state index contributed by atoms with van der Waals surface area (Å²) in [7, 11) is 0.909. The number of ether oxygens (including phenoxy) is 1. The van der Waals surface area contributed by atoms with Crippen LogP contribution in [0.15, 0.2) is 61.1 Å². The first-order valence-electron chi connectivity index (χ1n) is 12.7. The van der Waals surface area contributed by atoms with Crippen LogP contribution in [0.4, 0.5) is 15.8 Å². The summed E-state index contributed by atoms with van der Waals surface area (Å²) in [4.78, 5) is 21.7. The minimum absolute atomic E-state index is 0.106. The standard InChI is InChI=1S/C28H37FN4O2Si/c1-31(18-23-19-32(20-30-23)21-35-14-15-36(2,3)4)24-8-7-9-25(16-24)33(17-22-12-13-22)28(34)26-10-5-6-11-27(26)29/h5-11,16,19-20,22H,12-15,17-18,21H2,1-4H3. The van der Waals surface area contributed by atoms with Gasteiger partial charge in [-0.05, 0) is 55.1 Å². The Morgan fingerprint density at radius 2 is 1.89 bits per heavy atom. The van der Waals surface area contributed by atoms with Crippen LogP contribution < -0.4 is 9.80 Å². The molecule has 1 fully saturated rings. The van der Waals surface area contributed by atoms with Crippen molar-refractivity contribution >= 4 is 25.4 Å². The molecule has 2 aromatic carbocycles. The van der Waals surface area contributed by atoms with E-state index < -0.39 is 13.9 Å². The Hall–Kier alpha value is -2.97. The van der Waals surface area contributed by atoms with E-state index >= 15 is 0 Å². The van der Waals surface area contributed by atoms with Gasteiger partial charge in [-0.3, -0.25) is 4.79 Å². The lowest BCUT2D eigenvalue weighted by Gasteiger charge is -2.25. The lowest BCUT2D eigenvalue weighted by atomic mass is 10.1. The molecule has 36 heavy (non-hydrogen) atoms. The van der Waals surface area contributed by atoms with Crippen molar-refractivity contribution in [3.8, 4) is 0 Å². The number of amides is 1. The van der Waals surface area contributed by atoms with Crippen LogP contribution in [0.2, 0.25) is 25.7 Å². The summed E-state index contributed by atoms with van der Waals surface area (Å²) >= 11 is 0. The van der Waals surface area contributed by atoms with E-state index in [1.165, 1.54) is 6.07 Å². The smallest absolute Gasteiger partial charge is 0.261 e. The first-order valence-corrected chi connectivity index (χ1v) is 16.4. The zero-order valence-corrected chi connectivity index (χ0v) is 22.8. The molecule has 192 valence electrons.